The first-order chi connectivity index (χ1) is 21.3. The summed E-state index contributed by atoms with van der Waals surface area (Å²) in [7, 11) is 0. The number of carbonyl (C=O) groups excluding carboxylic acids is 2. The molecule has 3 aromatic rings. The first-order valence-electron chi connectivity index (χ1n) is 14.7. The molecule has 5 rings (SSSR count). The largest absolute Gasteiger partial charge is 0.463 e. The molecule has 9 heteroatoms. The van der Waals surface area contributed by atoms with Crippen molar-refractivity contribution in [3.63, 3.8) is 0 Å². The van der Waals surface area contributed by atoms with Gasteiger partial charge in [-0.25, -0.2) is 0 Å². The van der Waals surface area contributed by atoms with Crippen LogP contribution in [0.1, 0.15) is 37.5 Å². The van der Waals surface area contributed by atoms with Gasteiger partial charge < -0.3 is 28.4 Å². The Balaban J connectivity index is 1.54. The molecule has 0 saturated carbocycles. The fourth-order valence-electron chi connectivity index (χ4n) is 5.41. The maximum absolute atomic E-state index is 12.4. The summed E-state index contributed by atoms with van der Waals surface area (Å²) in [6.45, 7) is 5.35. The second kappa shape index (κ2) is 15.0. The van der Waals surface area contributed by atoms with E-state index < -0.39 is 36.2 Å². The molecular weight excluding hydrogens is 580 g/mol. The van der Waals surface area contributed by atoms with E-state index in [1.807, 2.05) is 91.0 Å². The predicted molar refractivity (Wildman–Crippen MR) is 166 cm³/mol. The SMILES string of the molecule is CC(=O)OC[C@H]1O[C@@]2(CSC(C(C)=O)=C(C)O2)[C@H](OCc2ccccc2)[C@@H](OCc2ccccc2)[C@@H]1OCc1ccccc1. The summed E-state index contributed by atoms with van der Waals surface area (Å²) in [5, 5.41) is 0. The number of carbonyl (C=O) groups is 2. The molecule has 1 fully saturated rings. The highest BCUT2D eigenvalue weighted by Gasteiger charge is 2.60. The number of benzene rings is 3. The van der Waals surface area contributed by atoms with Crippen molar-refractivity contribution in [1.29, 1.82) is 0 Å². The quantitative estimate of drug-likeness (QED) is 0.227. The molecule has 8 nitrogen and oxygen atoms in total. The van der Waals surface area contributed by atoms with Crippen LogP contribution in [0.5, 0.6) is 0 Å². The van der Waals surface area contributed by atoms with E-state index in [2.05, 4.69) is 0 Å². The predicted octanol–water partition coefficient (Wildman–Crippen LogP) is 5.98. The molecule has 0 aliphatic carbocycles. The van der Waals surface area contributed by atoms with Crippen molar-refractivity contribution in [3.05, 3.63) is 118 Å². The van der Waals surface area contributed by atoms with Crippen LogP contribution in [-0.4, -0.2) is 54.3 Å². The molecule has 2 heterocycles. The second-order valence-electron chi connectivity index (χ2n) is 10.8. The number of ketones is 1. The molecule has 0 N–H and O–H groups in total. The molecule has 0 aromatic heterocycles. The Morgan fingerprint density at radius 2 is 1.27 bits per heavy atom. The van der Waals surface area contributed by atoms with Crippen molar-refractivity contribution in [2.45, 2.75) is 70.8 Å². The number of allylic oxidation sites excluding steroid dienone is 2. The lowest BCUT2D eigenvalue weighted by molar-refractivity contribution is -0.364. The van der Waals surface area contributed by atoms with Crippen LogP contribution in [0.3, 0.4) is 0 Å². The lowest BCUT2D eigenvalue weighted by Gasteiger charge is -2.53. The maximum Gasteiger partial charge on any atom is 0.302 e. The Hall–Kier alpha value is -3.47. The van der Waals surface area contributed by atoms with Crippen molar-refractivity contribution in [1.82, 2.24) is 0 Å². The van der Waals surface area contributed by atoms with Crippen molar-refractivity contribution < 1.29 is 38.0 Å². The van der Waals surface area contributed by atoms with Crippen molar-refractivity contribution in [2.24, 2.45) is 0 Å². The van der Waals surface area contributed by atoms with E-state index in [1.165, 1.54) is 25.6 Å². The fraction of sp³-hybridized carbons (Fsp3) is 0.371. The van der Waals surface area contributed by atoms with E-state index in [0.29, 0.717) is 10.7 Å². The van der Waals surface area contributed by atoms with E-state index in [-0.39, 0.29) is 38.0 Å². The van der Waals surface area contributed by atoms with Gasteiger partial charge in [0, 0.05) is 6.92 Å². The fourth-order valence-corrected chi connectivity index (χ4v) is 6.49. The lowest BCUT2D eigenvalue weighted by atomic mass is 9.92. The van der Waals surface area contributed by atoms with Crippen LogP contribution < -0.4 is 0 Å². The minimum atomic E-state index is -1.36. The van der Waals surface area contributed by atoms with Crippen LogP contribution in [0.15, 0.2) is 102 Å². The molecule has 0 bridgehead atoms. The summed E-state index contributed by atoms with van der Waals surface area (Å²) in [6, 6.07) is 29.5. The average molecular weight is 619 g/mol. The van der Waals surface area contributed by atoms with Gasteiger partial charge in [0.05, 0.1) is 30.5 Å². The number of rotatable bonds is 12. The first-order valence-corrected chi connectivity index (χ1v) is 15.6. The van der Waals surface area contributed by atoms with Gasteiger partial charge in [0.2, 0.25) is 5.79 Å². The normalized spacial score (nSPS) is 25.0. The number of hydrogen-bond donors (Lipinski definition) is 0. The summed E-state index contributed by atoms with van der Waals surface area (Å²) in [4.78, 5) is 24.9. The van der Waals surface area contributed by atoms with Gasteiger partial charge in [-0.15, -0.1) is 11.8 Å². The van der Waals surface area contributed by atoms with Crippen molar-refractivity contribution >= 4 is 23.5 Å². The van der Waals surface area contributed by atoms with E-state index in [0.717, 1.165) is 16.7 Å². The molecule has 3 aromatic carbocycles. The zero-order valence-electron chi connectivity index (χ0n) is 25.2. The molecule has 0 radical (unpaired) electrons. The molecule has 1 saturated heterocycles. The minimum absolute atomic E-state index is 0.0799. The monoisotopic (exact) mass is 618 g/mol. The van der Waals surface area contributed by atoms with Gasteiger partial charge in [0.25, 0.3) is 0 Å². The van der Waals surface area contributed by atoms with Crippen LogP contribution >= 0.6 is 11.8 Å². The van der Waals surface area contributed by atoms with Crippen molar-refractivity contribution in [3.8, 4) is 0 Å². The highest BCUT2D eigenvalue weighted by atomic mass is 32.2. The van der Waals surface area contributed by atoms with E-state index in [9.17, 15) is 9.59 Å². The molecule has 44 heavy (non-hydrogen) atoms. The standard InChI is InChI=1S/C35H38O8S/c1-24(36)33-25(2)42-35(23-44-33)34(41-21-29-17-11-6-12-18-29)32(40-20-28-15-9-5-10-16-28)31(30(43-35)22-38-26(3)37)39-19-27-13-7-4-8-14-27/h4-18,30-32,34H,19-23H2,1-3H3/t30-,31-,32+,34-,35+/m1/s1. The Kier molecular flexibility index (Phi) is 10.9. The highest BCUT2D eigenvalue weighted by molar-refractivity contribution is 8.04. The third-order valence-electron chi connectivity index (χ3n) is 7.45. The maximum atomic E-state index is 12.4. The number of Topliss-reactive ketones (excluding diaryl/α,β-unsaturated/α-hetero) is 1. The first kappa shape index (κ1) is 31.9. The Morgan fingerprint density at radius 3 is 1.75 bits per heavy atom. The Labute approximate surface area is 262 Å². The van der Waals surface area contributed by atoms with Gasteiger partial charge in [0.15, 0.2) is 11.9 Å². The zero-order valence-corrected chi connectivity index (χ0v) is 26.0. The molecule has 0 unspecified atom stereocenters. The number of ether oxygens (including phenoxy) is 6. The van der Waals surface area contributed by atoms with E-state index >= 15 is 0 Å². The average Bonchev–Trinajstić information content (AvgIpc) is 3.03. The van der Waals surface area contributed by atoms with E-state index in [4.69, 9.17) is 28.4 Å². The van der Waals surface area contributed by atoms with Crippen LogP contribution in [0.4, 0.5) is 0 Å². The van der Waals surface area contributed by atoms with Crippen LogP contribution in [0, 0.1) is 0 Å². The van der Waals surface area contributed by atoms with Gasteiger partial charge in [-0.1, -0.05) is 91.0 Å². The molecular formula is C35H38O8S. The summed E-state index contributed by atoms with van der Waals surface area (Å²) < 4.78 is 38.7. The molecule has 1 spiro atoms. The number of esters is 1. The van der Waals surface area contributed by atoms with Gasteiger partial charge in [-0.3, -0.25) is 9.59 Å². The second-order valence-corrected chi connectivity index (χ2v) is 11.8. The molecule has 0 amide bonds. The van der Waals surface area contributed by atoms with Gasteiger partial charge in [-0.05, 0) is 30.5 Å². The lowest BCUT2D eigenvalue weighted by Crippen LogP contribution is -2.69. The number of thioether (sulfide) groups is 1. The van der Waals surface area contributed by atoms with E-state index in [1.54, 1.807) is 6.92 Å². The van der Waals surface area contributed by atoms with Crippen LogP contribution in [0.25, 0.3) is 0 Å². The number of hydrogen-bond acceptors (Lipinski definition) is 9. The van der Waals surface area contributed by atoms with Crippen LogP contribution in [-0.2, 0) is 57.8 Å². The molecule has 2 aliphatic heterocycles. The smallest absolute Gasteiger partial charge is 0.302 e. The third kappa shape index (κ3) is 7.97. The molecule has 2 aliphatic rings. The van der Waals surface area contributed by atoms with Gasteiger partial charge in [0.1, 0.15) is 30.7 Å². The Bertz CT molecular complexity index is 1410. The van der Waals surface area contributed by atoms with Gasteiger partial charge >= 0.3 is 5.97 Å². The summed E-state index contributed by atoms with van der Waals surface area (Å²) in [5.74, 6) is -1.19. The summed E-state index contributed by atoms with van der Waals surface area (Å²) in [6.07, 6.45) is -2.94. The highest BCUT2D eigenvalue weighted by Crippen LogP contribution is 2.45. The van der Waals surface area contributed by atoms with Crippen molar-refractivity contribution in [2.75, 3.05) is 12.4 Å². The summed E-state index contributed by atoms with van der Waals surface area (Å²) in [5.41, 5.74) is 2.91. The molecule has 5 atom stereocenters. The topological polar surface area (TPSA) is 89.5 Å². The minimum Gasteiger partial charge on any atom is -0.463 e. The molecule has 232 valence electrons. The summed E-state index contributed by atoms with van der Waals surface area (Å²) >= 11 is 1.36. The zero-order chi connectivity index (χ0) is 30.9. The Morgan fingerprint density at radius 1 is 0.773 bits per heavy atom. The van der Waals surface area contributed by atoms with Gasteiger partial charge in [-0.2, -0.15) is 0 Å². The third-order valence-corrected chi connectivity index (χ3v) is 8.86. The van der Waals surface area contributed by atoms with Crippen LogP contribution in [0.2, 0.25) is 0 Å².